The summed E-state index contributed by atoms with van der Waals surface area (Å²) in [6.45, 7) is -0.136. The molecule has 0 spiro atoms. The first-order valence-corrected chi connectivity index (χ1v) is 10.7. The molecule has 0 aliphatic carbocycles. The van der Waals surface area contributed by atoms with Crippen molar-refractivity contribution < 1.29 is 18.0 Å². The zero-order valence-corrected chi connectivity index (χ0v) is 15.7. The second-order valence-corrected chi connectivity index (χ2v) is 8.92. The van der Waals surface area contributed by atoms with Gasteiger partial charge in [0.1, 0.15) is 9.84 Å². The molecular weight excluding hydrogens is 364 g/mol. The zero-order valence-electron chi connectivity index (χ0n) is 14.9. The molecule has 142 valence electrons. The number of hydrogen-bond donors (Lipinski definition) is 2. The first-order valence-electron chi connectivity index (χ1n) is 8.86. The standard InChI is InChI=1S/C20H22N2O4S/c23-19(22-18-10-12-27(25,26)13-11-18)14-21-20(24)17-8-6-16(7-9-17)15-4-2-1-3-5-15/h1-9,18H,10-14H2,(H,21,24)(H,22,23). The van der Waals surface area contributed by atoms with Crippen LogP contribution >= 0.6 is 0 Å². The van der Waals surface area contributed by atoms with Gasteiger partial charge in [-0.05, 0) is 36.1 Å². The molecule has 2 amide bonds. The third kappa shape index (κ3) is 5.40. The minimum Gasteiger partial charge on any atom is -0.352 e. The number of carbonyl (C=O) groups excluding carboxylic acids is 2. The monoisotopic (exact) mass is 386 g/mol. The Bertz CT molecular complexity index is 895. The number of carbonyl (C=O) groups is 2. The van der Waals surface area contributed by atoms with Gasteiger partial charge in [-0.25, -0.2) is 8.42 Å². The van der Waals surface area contributed by atoms with Crippen molar-refractivity contribution in [1.82, 2.24) is 10.6 Å². The molecule has 0 radical (unpaired) electrons. The maximum Gasteiger partial charge on any atom is 0.251 e. The molecule has 0 bridgehead atoms. The Morgan fingerprint density at radius 2 is 1.48 bits per heavy atom. The Morgan fingerprint density at radius 3 is 2.11 bits per heavy atom. The number of hydrogen-bond acceptors (Lipinski definition) is 4. The molecule has 1 heterocycles. The van der Waals surface area contributed by atoms with Crippen LogP contribution in [0.2, 0.25) is 0 Å². The van der Waals surface area contributed by atoms with Crippen molar-refractivity contribution in [2.24, 2.45) is 0 Å². The molecule has 0 aromatic heterocycles. The molecule has 1 aliphatic rings. The highest BCUT2D eigenvalue weighted by Gasteiger charge is 2.24. The molecule has 3 rings (SSSR count). The first-order chi connectivity index (χ1) is 12.9. The van der Waals surface area contributed by atoms with Gasteiger partial charge in [0.25, 0.3) is 5.91 Å². The molecule has 27 heavy (non-hydrogen) atoms. The Balaban J connectivity index is 1.48. The van der Waals surface area contributed by atoms with Crippen molar-refractivity contribution in [1.29, 1.82) is 0 Å². The van der Waals surface area contributed by atoms with E-state index >= 15 is 0 Å². The molecule has 2 N–H and O–H groups in total. The highest BCUT2D eigenvalue weighted by atomic mass is 32.2. The Hall–Kier alpha value is -2.67. The van der Waals surface area contributed by atoms with Gasteiger partial charge in [-0.15, -0.1) is 0 Å². The molecular formula is C20H22N2O4S. The van der Waals surface area contributed by atoms with Crippen LogP contribution in [0, 0.1) is 0 Å². The third-order valence-electron chi connectivity index (χ3n) is 4.58. The van der Waals surface area contributed by atoms with Crippen LogP contribution in [-0.2, 0) is 14.6 Å². The lowest BCUT2D eigenvalue weighted by atomic mass is 10.0. The van der Waals surface area contributed by atoms with Crippen molar-refractivity contribution in [3.63, 3.8) is 0 Å². The SMILES string of the molecule is O=C(CNC(=O)c1ccc(-c2ccccc2)cc1)NC1CCS(=O)(=O)CC1. The molecule has 1 aliphatic heterocycles. The van der Waals surface area contributed by atoms with Gasteiger partial charge in [0, 0.05) is 11.6 Å². The van der Waals surface area contributed by atoms with Gasteiger partial charge in [-0.2, -0.15) is 0 Å². The summed E-state index contributed by atoms with van der Waals surface area (Å²) in [4.78, 5) is 24.2. The summed E-state index contributed by atoms with van der Waals surface area (Å²) in [6, 6.07) is 16.9. The van der Waals surface area contributed by atoms with Gasteiger partial charge in [0.05, 0.1) is 18.1 Å². The highest BCUT2D eigenvalue weighted by molar-refractivity contribution is 7.91. The quantitative estimate of drug-likeness (QED) is 0.819. The summed E-state index contributed by atoms with van der Waals surface area (Å²) in [5.74, 6) is -0.444. The summed E-state index contributed by atoms with van der Waals surface area (Å²) in [5, 5.41) is 5.37. The molecule has 0 saturated carbocycles. The number of nitrogens with one attached hydrogen (secondary N) is 2. The zero-order chi connectivity index (χ0) is 19.3. The van der Waals surface area contributed by atoms with Crippen molar-refractivity contribution >= 4 is 21.7 Å². The van der Waals surface area contributed by atoms with Crippen molar-refractivity contribution in [2.75, 3.05) is 18.1 Å². The van der Waals surface area contributed by atoms with Gasteiger partial charge in [0.2, 0.25) is 5.91 Å². The second-order valence-electron chi connectivity index (χ2n) is 6.62. The fourth-order valence-corrected chi connectivity index (χ4v) is 4.51. The maximum atomic E-state index is 12.2. The average Bonchev–Trinajstić information content (AvgIpc) is 2.68. The molecule has 0 unspecified atom stereocenters. The van der Waals surface area contributed by atoms with Crippen LogP contribution in [0.4, 0.5) is 0 Å². The van der Waals surface area contributed by atoms with Gasteiger partial charge < -0.3 is 10.6 Å². The van der Waals surface area contributed by atoms with Crippen molar-refractivity contribution in [3.05, 3.63) is 60.2 Å². The van der Waals surface area contributed by atoms with E-state index in [1.54, 1.807) is 12.1 Å². The van der Waals surface area contributed by atoms with Crippen molar-refractivity contribution in [2.45, 2.75) is 18.9 Å². The molecule has 6 nitrogen and oxygen atoms in total. The summed E-state index contributed by atoms with van der Waals surface area (Å²) in [7, 11) is -2.96. The van der Waals surface area contributed by atoms with E-state index in [1.807, 2.05) is 42.5 Å². The normalized spacial score (nSPS) is 16.4. The Kier molecular flexibility index (Phi) is 5.91. The van der Waals surface area contributed by atoms with Gasteiger partial charge in [-0.1, -0.05) is 42.5 Å². The number of amides is 2. The summed E-state index contributed by atoms with van der Waals surface area (Å²) >= 11 is 0. The fourth-order valence-electron chi connectivity index (χ4n) is 3.02. The van der Waals surface area contributed by atoms with E-state index in [1.165, 1.54) is 0 Å². The van der Waals surface area contributed by atoms with Crippen LogP contribution in [0.25, 0.3) is 11.1 Å². The first kappa shape index (κ1) is 19.1. The predicted octanol–water partition coefficient (Wildman–Crippen LogP) is 1.78. The minimum atomic E-state index is -2.96. The van der Waals surface area contributed by atoms with Gasteiger partial charge in [0.15, 0.2) is 0 Å². The van der Waals surface area contributed by atoms with E-state index < -0.39 is 9.84 Å². The van der Waals surface area contributed by atoms with E-state index in [4.69, 9.17) is 0 Å². The number of sulfone groups is 1. The molecule has 1 fully saturated rings. The molecule has 2 aromatic carbocycles. The van der Waals surface area contributed by atoms with Gasteiger partial charge in [-0.3, -0.25) is 9.59 Å². The smallest absolute Gasteiger partial charge is 0.251 e. The van der Waals surface area contributed by atoms with E-state index in [2.05, 4.69) is 10.6 Å². The fraction of sp³-hybridized carbons (Fsp3) is 0.300. The molecule has 0 atom stereocenters. The second kappa shape index (κ2) is 8.35. The largest absolute Gasteiger partial charge is 0.352 e. The lowest BCUT2D eigenvalue weighted by molar-refractivity contribution is -0.120. The van der Waals surface area contributed by atoms with Gasteiger partial charge >= 0.3 is 0 Å². The molecule has 2 aromatic rings. The summed E-state index contributed by atoms with van der Waals surface area (Å²) < 4.78 is 22.8. The molecule has 7 heteroatoms. The summed E-state index contributed by atoms with van der Waals surface area (Å²) in [6.07, 6.45) is 0.839. The number of rotatable bonds is 5. The van der Waals surface area contributed by atoms with Crippen LogP contribution in [0.1, 0.15) is 23.2 Å². The van der Waals surface area contributed by atoms with Crippen LogP contribution in [-0.4, -0.2) is 44.3 Å². The van der Waals surface area contributed by atoms with Crippen LogP contribution in [0.5, 0.6) is 0 Å². The topological polar surface area (TPSA) is 92.3 Å². The van der Waals surface area contributed by atoms with Crippen LogP contribution in [0.3, 0.4) is 0 Å². The average molecular weight is 386 g/mol. The Labute approximate surface area is 158 Å². The predicted molar refractivity (Wildman–Crippen MR) is 104 cm³/mol. The van der Waals surface area contributed by atoms with Crippen LogP contribution < -0.4 is 10.6 Å². The van der Waals surface area contributed by atoms with E-state index in [0.29, 0.717) is 18.4 Å². The Morgan fingerprint density at radius 1 is 0.889 bits per heavy atom. The molecule has 1 saturated heterocycles. The number of benzene rings is 2. The lowest BCUT2D eigenvalue weighted by Crippen LogP contribution is -2.45. The van der Waals surface area contributed by atoms with E-state index in [9.17, 15) is 18.0 Å². The van der Waals surface area contributed by atoms with E-state index in [0.717, 1.165) is 11.1 Å². The third-order valence-corrected chi connectivity index (χ3v) is 6.30. The lowest BCUT2D eigenvalue weighted by Gasteiger charge is -2.23. The summed E-state index contributed by atoms with van der Waals surface area (Å²) in [5.41, 5.74) is 2.56. The van der Waals surface area contributed by atoms with Crippen LogP contribution in [0.15, 0.2) is 54.6 Å². The maximum absolute atomic E-state index is 12.2. The van der Waals surface area contributed by atoms with E-state index in [-0.39, 0.29) is 35.9 Å². The van der Waals surface area contributed by atoms with Crippen molar-refractivity contribution in [3.8, 4) is 11.1 Å². The minimum absolute atomic E-state index is 0.0953. The highest BCUT2D eigenvalue weighted by Crippen LogP contribution is 2.19.